The Labute approximate surface area is 203 Å². The summed E-state index contributed by atoms with van der Waals surface area (Å²) < 4.78 is 52.3. The van der Waals surface area contributed by atoms with E-state index in [1.54, 1.807) is 12.1 Å². The van der Waals surface area contributed by atoms with Crippen LogP contribution in [0.5, 0.6) is 17.2 Å². The average Bonchev–Trinajstić information content (AvgIpc) is 2.85. The van der Waals surface area contributed by atoms with Crippen LogP contribution in [0.2, 0.25) is 0 Å². The molecule has 0 N–H and O–H groups in total. The molecule has 2 heterocycles. The number of nitrogens with zero attached hydrogens (tertiary/aromatic N) is 1. The highest BCUT2D eigenvalue weighted by Crippen LogP contribution is 2.35. The molecule has 3 nitrogen and oxygen atoms in total. The molecule has 0 bridgehead atoms. The van der Waals surface area contributed by atoms with Gasteiger partial charge in [-0.15, -0.1) is 12.4 Å². The summed E-state index contributed by atoms with van der Waals surface area (Å²) in [5, 5.41) is 0. The van der Waals surface area contributed by atoms with E-state index in [0.29, 0.717) is 5.75 Å². The standard InChI is InChI=1S/C27H26F3NO2.ClH/c28-22-14-15-25(27(30)26(22)29)32-20-11-8-18(9-12-20)23-6-3-4-16-31(23)17-21-13-10-19-5-1-2-7-24(19)33-21;/h1-2,5,7-9,11-12,14-15,21,23H,3-4,6,10,13,16-17H2;1H. The van der Waals surface area contributed by atoms with Gasteiger partial charge >= 0.3 is 0 Å². The number of rotatable bonds is 5. The fourth-order valence-corrected chi connectivity index (χ4v) is 4.83. The number of benzene rings is 3. The quantitative estimate of drug-likeness (QED) is 0.353. The zero-order valence-electron chi connectivity index (χ0n) is 18.7. The Balaban J connectivity index is 0.00000274. The van der Waals surface area contributed by atoms with Gasteiger partial charge in [0.25, 0.3) is 0 Å². The first-order valence-corrected chi connectivity index (χ1v) is 11.5. The molecule has 180 valence electrons. The number of fused-ring (bicyclic) bond motifs is 1. The van der Waals surface area contributed by atoms with Crippen LogP contribution in [0.15, 0.2) is 60.7 Å². The monoisotopic (exact) mass is 489 g/mol. The van der Waals surface area contributed by atoms with Gasteiger partial charge in [0.1, 0.15) is 17.6 Å². The SMILES string of the molecule is Cl.Fc1ccc(Oc2ccc(C3CCCCN3CC3CCc4ccccc4O3)cc2)c(F)c1F. The second-order valence-electron chi connectivity index (χ2n) is 8.74. The van der Waals surface area contributed by atoms with Crippen molar-refractivity contribution in [3.63, 3.8) is 0 Å². The molecule has 0 amide bonds. The van der Waals surface area contributed by atoms with E-state index in [4.69, 9.17) is 9.47 Å². The van der Waals surface area contributed by atoms with Crippen LogP contribution in [-0.4, -0.2) is 24.1 Å². The Morgan fingerprint density at radius 3 is 2.50 bits per heavy atom. The zero-order chi connectivity index (χ0) is 22.8. The van der Waals surface area contributed by atoms with Crippen LogP contribution >= 0.6 is 12.4 Å². The van der Waals surface area contributed by atoms with Crippen molar-refractivity contribution in [1.82, 2.24) is 4.90 Å². The number of hydrogen-bond donors (Lipinski definition) is 0. The molecule has 2 aliphatic rings. The van der Waals surface area contributed by atoms with Crippen LogP contribution in [0.4, 0.5) is 13.2 Å². The van der Waals surface area contributed by atoms with Crippen LogP contribution < -0.4 is 9.47 Å². The summed E-state index contributed by atoms with van der Waals surface area (Å²) >= 11 is 0. The van der Waals surface area contributed by atoms with Crippen LogP contribution in [0.3, 0.4) is 0 Å². The van der Waals surface area contributed by atoms with Crippen LogP contribution in [-0.2, 0) is 6.42 Å². The average molecular weight is 490 g/mol. The first kappa shape index (κ1) is 24.4. The minimum absolute atomic E-state index is 0. The number of ether oxygens (including phenoxy) is 2. The number of aryl methyl sites for hydroxylation is 1. The Morgan fingerprint density at radius 1 is 0.882 bits per heavy atom. The molecular formula is C27H27ClF3NO2. The topological polar surface area (TPSA) is 21.7 Å². The van der Waals surface area contributed by atoms with E-state index in [0.717, 1.165) is 68.6 Å². The third-order valence-electron chi connectivity index (χ3n) is 6.55. The molecule has 1 saturated heterocycles. The van der Waals surface area contributed by atoms with Gasteiger partial charge in [0, 0.05) is 12.6 Å². The predicted octanol–water partition coefficient (Wildman–Crippen LogP) is 7.24. The summed E-state index contributed by atoms with van der Waals surface area (Å²) in [4.78, 5) is 2.49. The summed E-state index contributed by atoms with van der Waals surface area (Å²) in [7, 11) is 0. The van der Waals surface area contributed by atoms with E-state index in [9.17, 15) is 13.2 Å². The van der Waals surface area contributed by atoms with E-state index in [1.165, 1.54) is 5.56 Å². The van der Waals surface area contributed by atoms with Crippen molar-refractivity contribution in [2.24, 2.45) is 0 Å². The maximum absolute atomic E-state index is 13.9. The van der Waals surface area contributed by atoms with Gasteiger partial charge in [-0.3, -0.25) is 4.90 Å². The molecule has 5 rings (SSSR count). The largest absolute Gasteiger partial charge is 0.489 e. The van der Waals surface area contributed by atoms with Gasteiger partial charge in [0.15, 0.2) is 17.4 Å². The summed E-state index contributed by atoms with van der Waals surface area (Å²) in [5.41, 5.74) is 2.43. The summed E-state index contributed by atoms with van der Waals surface area (Å²) in [6.07, 6.45) is 5.59. The van der Waals surface area contributed by atoms with Gasteiger partial charge in [-0.1, -0.05) is 36.8 Å². The fourth-order valence-electron chi connectivity index (χ4n) is 4.83. The van der Waals surface area contributed by atoms with Crippen LogP contribution in [0, 0.1) is 17.5 Å². The van der Waals surface area contributed by atoms with Crippen molar-refractivity contribution in [1.29, 1.82) is 0 Å². The lowest BCUT2D eigenvalue weighted by Crippen LogP contribution is -2.42. The summed E-state index contributed by atoms with van der Waals surface area (Å²) in [6, 6.07) is 17.9. The van der Waals surface area contributed by atoms with Gasteiger partial charge in [0.2, 0.25) is 5.82 Å². The molecule has 1 fully saturated rings. The lowest BCUT2D eigenvalue weighted by molar-refractivity contribution is 0.0693. The van der Waals surface area contributed by atoms with Crippen LogP contribution in [0.25, 0.3) is 0 Å². The predicted molar refractivity (Wildman–Crippen MR) is 127 cm³/mol. The summed E-state index contributed by atoms with van der Waals surface area (Å²) in [6.45, 7) is 1.89. The number of hydrogen-bond acceptors (Lipinski definition) is 3. The fraction of sp³-hybridized carbons (Fsp3) is 0.333. The van der Waals surface area contributed by atoms with E-state index >= 15 is 0 Å². The number of piperidine rings is 1. The molecule has 0 saturated carbocycles. The van der Waals surface area contributed by atoms with Crippen molar-refractivity contribution in [2.75, 3.05) is 13.1 Å². The number of likely N-dealkylation sites (tertiary alicyclic amines) is 1. The lowest BCUT2D eigenvalue weighted by Gasteiger charge is -2.39. The second kappa shape index (κ2) is 10.7. The van der Waals surface area contributed by atoms with Gasteiger partial charge in [0.05, 0.1) is 0 Å². The molecule has 0 aromatic heterocycles. The maximum Gasteiger partial charge on any atom is 0.204 e. The zero-order valence-corrected chi connectivity index (χ0v) is 19.5. The second-order valence-corrected chi connectivity index (χ2v) is 8.74. The molecule has 2 unspecified atom stereocenters. The van der Waals surface area contributed by atoms with Crippen molar-refractivity contribution < 1.29 is 22.6 Å². The maximum atomic E-state index is 13.9. The molecule has 3 aromatic carbocycles. The van der Waals surface area contributed by atoms with E-state index in [1.807, 2.05) is 24.3 Å². The number of halogens is 4. The highest BCUT2D eigenvalue weighted by molar-refractivity contribution is 5.85. The Bertz CT molecular complexity index is 1130. The van der Waals surface area contributed by atoms with Crippen LogP contribution in [0.1, 0.15) is 42.9 Å². The molecule has 34 heavy (non-hydrogen) atoms. The number of para-hydroxylation sites is 1. The van der Waals surface area contributed by atoms with E-state index < -0.39 is 17.5 Å². The molecule has 0 radical (unpaired) electrons. The van der Waals surface area contributed by atoms with E-state index in [-0.39, 0.29) is 30.3 Å². The Morgan fingerprint density at radius 2 is 1.68 bits per heavy atom. The highest BCUT2D eigenvalue weighted by atomic mass is 35.5. The molecular weight excluding hydrogens is 463 g/mol. The molecule has 0 spiro atoms. The molecule has 3 aromatic rings. The Hall–Kier alpha value is -2.70. The van der Waals surface area contributed by atoms with Gasteiger partial charge in [-0.25, -0.2) is 8.78 Å². The van der Waals surface area contributed by atoms with Crippen molar-refractivity contribution >= 4 is 12.4 Å². The van der Waals surface area contributed by atoms with Gasteiger partial charge in [-0.2, -0.15) is 4.39 Å². The minimum Gasteiger partial charge on any atom is -0.489 e. The van der Waals surface area contributed by atoms with Crippen molar-refractivity contribution in [2.45, 2.75) is 44.2 Å². The minimum atomic E-state index is -1.53. The first-order valence-electron chi connectivity index (χ1n) is 11.5. The third-order valence-corrected chi connectivity index (χ3v) is 6.55. The lowest BCUT2D eigenvalue weighted by atomic mass is 9.94. The molecule has 7 heteroatoms. The smallest absolute Gasteiger partial charge is 0.204 e. The normalized spacial score (nSPS) is 20.1. The summed E-state index contributed by atoms with van der Waals surface area (Å²) in [5.74, 6) is -3.07. The van der Waals surface area contributed by atoms with Gasteiger partial charge in [-0.05, 0) is 73.7 Å². The highest BCUT2D eigenvalue weighted by Gasteiger charge is 2.29. The van der Waals surface area contributed by atoms with Crippen molar-refractivity contribution in [3.05, 3.63) is 89.2 Å². The van der Waals surface area contributed by atoms with E-state index in [2.05, 4.69) is 17.0 Å². The first-order chi connectivity index (χ1) is 16.1. The molecule has 2 aliphatic heterocycles. The van der Waals surface area contributed by atoms with Crippen molar-refractivity contribution in [3.8, 4) is 17.2 Å². The van der Waals surface area contributed by atoms with Gasteiger partial charge < -0.3 is 9.47 Å². The molecule has 2 atom stereocenters. The third kappa shape index (κ3) is 5.18. The molecule has 0 aliphatic carbocycles. The Kier molecular flexibility index (Phi) is 7.69.